The molecule has 1 unspecified atom stereocenters. The minimum atomic E-state index is -0.208. The molecular weight excluding hydrogens is 208 g/mol. The first-order valence-corrected chi connectivity index (χ1v) is 4.98. The molecule has 3 heteroatoms. The van der Waals surface area contributed by atoms with Gasteiger partial charge in [0.15, 0.2) is 0 Å². The van der Waals surface area contributed by atoms with Crippen LogP contribution < -0.4 is 0 Å². The Kier molecular flexibility index (Phi) is 5.30. The fourth-order valence-electron chi connectivity index (χ4n) is 0.428. The van der Waals surface area contributed by atoms with Gasteiger partial charge in [0.1, 0.15) is 0 Å². The van der Waals surface area contributed by atoms with Gasteiger partial charge in [0, 0.05) is 5.33 Å². The Hall–Kier alpha value is 0.400. The standard InChI is InChI=1S/C8H17BrO2/c1-7(5-6-9)10-11-8(2,3)4/h7H,5-6H2,1-4H3. The molecule has 0 bridgehead atoms. The number of alkyl halides is 1. The van der Waals surface area contributed by atoms with Gasteiger partial charge in [0.25, 0.3) is 0 Å². The smallest absolute Gasteiger partial charge is 0.0952 e. The quantitative estimate of drug-likeness (QED) is 0.416. The highest BCUT2D eigenvalue weighted by molar-refractivity contribution is 9.09. The van der Waals surface area contributed by atoms with Crippen LogP contribution >= 0.6 is 15.9 Å². The van der Waals surface area contributed by atoms with Crippen molar-refractivity contribution in [3.05, 3.63) is 0 Å². The Morgan fingerprint density at radius 3 is 2.27 bits per heavy atom. The van der Waals surface area contributed by atoms with Gasteiger partial charge in [-0.3, -0.25) is 0 Å². The maximum Gasteiger partial charge on any atom is 0.0952 e. The lowest BCUT2D eigenvalue weighted by molar-refractivity contribution is -0.370. The first-order chi connectivity index (χ1) is 4.95. The summed E-state index contributed by atoms with van der Waals surface area (Å²) in [6.45, 7) is 7.89. The van der Waals surface area contributed by atoms with E-state index in [-0.39, 0.29) is 11.7 Å². The monoisotopic (exact) mass is 224 g/mol. The zero-order valence-corrected chi connectivity index (χ0v) is 9.27. The van der Waals surface area contributed by atoms with Gasteiger partial charge in [-0.25, -0.2) is 9.78 Å². The van der Waals surface area contributed by atoms with Crippen molar-refractivity contribution in [1.29, 1.82) is 0 Å². The summed E-state index contributed by atoms with van der Waals surface area (Å²) in [6.07, 6.45) is 1.13. The Balaban J connectivity index is 3.38. The summed E-state index contributed by atoms with van der Waals surface area (Å²) < 4.78 is 0. The van der Waals surface area contributed by atoms with Crippen LogP contribution in [-0.2, 0) is 9.78 Å². The van der Waals surface area contributed by atoms with Gasteiger partial charge >= 0.3 is 0 Å². The topological polar surface area (TPSA) is 18.5 Å². The molecule has 0 aromatic rings. The van der Waals surface area contributed by atoms with Crippen molar-refractivity contribution >= 4 is 15.9 Å². The summed E-state index contributed by atoms with van der Waals surface area (Å²) >= 11 is 3.33. The molecule has 2 nitrogen and oxygen atoms in total. The van der Waals surface area contributed by atoms with Crippen LogP contribution in [0.15, 0.2) is 0 Å². The van der Waals surface area contributed by atoms with Crippen molar-refractivity contribution in [2.24, 2.45) is 0 Å². The van der Waals surface area contributed by atoms with Crippen LogP contribution in [-0.4, -0.2) is 17.0 Å². The van der Waals surface area contributed by atoms with Gasteiger partial charge in [-0.15, -0.1) is 0 Å². The highest BCUT2D eigenvalue weighted by atomic mass is 79.9. The number of hydrogen-bond acceptors (Lipinski definition) is 2. The number of rotatable bonds is 4. The molecule has 0 aliphatic heterocycles. The molecule has 0 N–H and O–H groups in total. The predicted molar refractivity (Wildman–Crippen MR) is 49.8 cm³/mol. The summed E-state index contributed by atoms with van der Waals surface area (Å²) in [7, 11) is 0. The van der Waals surface area contributed by atoms with E-state index < -0.39 is 0 Å². The van der Waals surface area contributed by atoms with Gasteiger partial charge in [-0.2, -0.15) is 0 Å². The molecule has 0 radical (unpaired) electrons. The molecule has 11 heavy (non-hydrogen) atoms. The molecule has 0 aromatic carbocycles. The van der Waals surface area contributed by atoms with Gasteiger partial charge < -0.3 is 0 Å². The molecule has 0 saturated carbocycles. The van der Waals surface area contributed by atoms with Crippen LogP contribution in [0.3, 0.4) is 0 Å². The second kappa shape index (κ2) is 5.12. The molecule has 0 amide bonds. The van der Waals surface area contributed by atoms with Crippen molar-refractivity contribution < 1.29 is 9.78 Å². The van der Waals surface area contributed by atoms with E-state index in [1.165, 1.54) is 0 Å². The molecule has 0 aliphatic rings. The van der Waals surface area contributed by atoms with Crippen molar-refractivity contribution in [3.63, 3.8) is 0 Å². The normalized spacial score (nSPS) is 15.0. The highest BCUT2D eigenvalue weighted by Crippen LogP contribution is 2.10. The van der Waals surface area contributed by atoms with E-state index >= 15 is 0 Å². The Morgan fingerprint density at radius 1 is 1.36 bits per heavy atom. The lowest BCUT2D eigenvalue weighted by atomic mass is 10.2. The van der Waals surface area contributed by atoms with Crippen molar-refractivity contribution in [3.8, 4) is 0 Å². The van der Waals surface area contributed by atoms with Crippen molar-refractivity contribution in [2.45, 2.75) is 45.8 Å². The molecule has 0 aromatic heterocycles. The van der Waals surface area contributed by atoms with Crippen LogP contribution in [0.1, 0.15) is 34.1 Å². The zero-order chi connectivity index (χ0) is 8.91. The predicted octanol–water partition coefficient (Wildman–Crippen LogP) is 2.91. The second-order valence-corrected chi connectivity index (χ2v) is 4.37. The summed E-state index contributed by atoms with van der Waals surface area (Å²) in [4.78, 5) is 10.2. The van der Waals surface area contributed by atoms with E-state index in [9.17, 15) is 0 Å². The van der Waals surface area contributed by atoms with Crippen LogP contribution in [0, 0.1) is 0 Å². The minimum Gasteiger partial charge on any atom is -0.233 e. The van der Waals surface area contributed by atoms with Gasteiger partial charge in [-0.05, 0) is 34.1 Å². The highest BCUT2D eigenvalue weighted by Gasteiger charge is 2.13. The molecule has 0 saturated heterocycles. The molecule has 0 aliphatic carbocycles. The number of halogens is 1. The molecule has 0 spiro atoms. The Bertz CT molecular complexity index is 98.8. The van der Waals surface area contributed by atoms with Crippen LogP contribution in [0.25, 0.3) is 0 Å². The number of hydrogen-bond donors (Lipinski definition) is 0. The zero-order valence-electron chi connectivity index (χ0n) is 7.69. The van der Waals surface area contributed by atoms with Crippen molar-refractivity contribution in [2.75, 3.05) is 5.33 Å². The third-order valence-electron chi connectivity index (χ3n) is 0.978. The summed E-state index contributed by atoms with van der Waals surface area (Å²) in [5, 5.41) is 0.946. The lowest BCUT2D eigenvalue weighted by Crippen LogP contribution is -2.23. The lowest BCUT2D eigenvalue weighted by Gasteiger charge is -2.20. The van der Waals surface area contributed by atoms with Gasteiger partial charge in [0.05, 0.1) is 11.7 Å². The third-order valence-corrected chi connectivity index (χ3v) is 1.44. The Labute approximate surface area is 77.3 Å². The van der Waals surface area contributed by atoms with Gasteiger partial charge in [0.2, 0.25) is 0 Å². The summed E-state index contributed by atoms with van der Waals surface area (Å²) in [5.74, 6) is 0. The van der Waals surface area contributed by atoms with Crippen LogP contribution in [0.4, 0.5) is 0 Å². The van der Waals surface area contributed by atoms with E-state index in [0.29, 0.717) is 0 Å². The fraction of sp³-hybridized carbons (Fsp3) is 1.00. The molecule has 0 fully saturated rings. The Morgan fingerprint density at radius 2 is 1.91 bits per heavy atom. The van der Waals surface area contributed by atoms with E-state index in [0.717, 1.165) is 11.8 Å². The maximum atomic E-state index is 5.12. The molecule has 1 atom stereocenters. The average molecular weight is 225 g/mol. The van der Waals surface area contributed by atoms with E-state index in [4.69, 9.17) is 9.78 Å². The molecular formula is C8H17BrO2. The van der Waals surface area contributed by atoms with Crippen molar-refractivity contribution in [1.82, 2.24) is 0 Å². The largest absolute Gasteiger partial charge is 0.233 e. The molecule has 68 valence electrons. The third kappa shape index (κ3) is 8.30. The SMILES string of the molecule is CC(CCBr)OOC(C)(C)C. The van der Waals surface area contributed by atoms with E-state index in [2.05, 4.69) is 15.9 Å². The van der Waals surface area contributed by atoms with E-state index in [1.807, 2.05) is 27.7 Å². The van der Waals surface area contributed by atoms with Gasteiger partial charge in [-0.1, -0.05) is 15.9 Å². The van der Waals surface area contributed by atoms with Crippen LogP contribution in [0.5, 0.6) is 0 Å². The summed E-state index contributed by atoms with van der Waals surface area (Å²) in [6, 6.07) is 0. The first-order valence-electron chi connectivity index (χ1n) is 3.86. The first kappa shape index (κ1) is 11.4. The minimum absolute atomic E-state index is 0.161. The molecule has 0 heterocycles. The molecule has 0 rings (SSSR count). The fourth-order valence-corrected chi connectivity index (χ4v) is 1.07. The van der Waals surface area contributed by atoms with Crippen LogP contribution in [0.2, 0.25) is 0 Å². The second-order valence-electron chi connectivity index (χ2n) is 3.58. The average Bonchev–Trinajstić information content (AvgIpc) is 1.83. The summed E-state index contributed by atoms with van der Waals surface area (Å²) in [5.41, 5.74) is -0.208. The maximum absolute atomic E-state index is 5.12. The van der Waals surface area contributed by atoms with E-state index in [1.54, 1.807) is 0 Å².